The fraction of sp³-hybridized carbons (Fsp3) is 0.438. The largest absolute Gasteiger partial charge is 0.476 e. The Hall–Kier alpha value is -2.37. The molecule has 0 atom stereocenters. The Kier molecular flexibility index (Phi) is 3.83. The molecule has 1 aromatic heterocycles. The summed E-state index contributed by atoms with van der Waals surface area (Å²) in [5.74, 6) is 0.116. The van der Waals surface area contributed by atoms with Crippen LogP contribution in [0, 0.1) is 12.8 Å². The van der Waals surface area contributed by atoms with Crippen molar-refractivity contribution in [2.24, 2.45) is 5.92 Å². The van der Waals surface area contributed by atoms with Crippen LogP contribution in [0.5, 0.6) is 0 Å². The number of hydrogen-bond acceptors (Lipinski definition) is 4. The highest BCUT2D eigenvalue weighted by atomic mass is 16.4. The highest BCUT2D eigenvalue weighted by Crippen LogP contribution is 2.24. The van der Waals surface area contributed by atoms with Crippen molar-refractivity contribution in [2.75, 3.05) is 18.0 Å². The van der Waals surface area contributed by atoms with Crippen LogP contribution in [-0.2, 0) is 0 Å². The van der Waals surface area contributed by atoms with E-state index in [0.29, 0.717) is 11.7 Å². The number of carbonyl (C=O) groups is 1. The van der Waals surface area contributed by atoms with Crippen molar-refractivity contribution in [2.45, 2.75) is 26.7 Å². The lowest BCUT2D eigenvalue weighted by Crippen LogP contribution is -2.34. The summed E-state index contributed by atoms with van der Waals surface area (Å²) in [5.41, 5.74) is 1.88. The van der Waals surface area contributed by atoms with Crippen molar-refractivity contribution < 1.29 is 9.90 Å². The van der Waals surface area contributed by atoms with Crippen molar-refractivity contribution in [1.29, 1.82) is 0 Å². The number of nitrogens with zero attached hydrogens (tertiary/aromatic N) is 4. The zero-order valence-corrected chi connectivity index (χ0v) is 12.9. The molecule has 0 unspecified atom stereocenters. The number of carboxylic acid groups (broad SMARTS) is 1. The predicted molar refractivity (Wildman–Crippen MR) is 83.7 cm³/mol. The molecule has 2 aromatic rings. The molecule has 1 fully saturated rings. The SMILES string of the molecule is Cc1cccc(-n2nc(C(=O)O)c(N3CCC(C)CC3)n2)c1. The molecule has 0 aliphatic carbocycles. The van der Waals surface area contributed by atoms with Crippen LogP contribution in [0.4, 0.5) is 5.82 Å². The topological polar surface area (TPSA) is 71.2 Å². The Bertz CT molecular complexity index is 687. The molecule has 1 N–H and O–H groups in total. The summed E-state index contributed by atoms with van der Waals surface area (Å²) in [5, 5.41) is 18.0. The molecule has 3 rings (SSSR count). The Morgan fingerprint density at radius 2 is 2.00 bits per heavy atom. The maximum absolute atomic E-state index is 11.5. The standard InChI is InChI=1S/C16H20N4O2/c1-11-6-8-19(9-7-11)15-14(16(21)22)17-20(18-15)13-5-3-4-12(2)10-13/h3-5,10-11H,6-9H2,1-2H3,(H,21,22). The van der Waals surface area contributed by atoms with E-state index in [1.165, 1.54) is 4.80 Å². The maximum Gasteiger partial charge on any atom is 0.360 e. The van der Waals surface area contributed by atoms with Crippen LogP contribution >= 0.6 is 0 Å². The molecule has 1 aliphatic rings. The quantitative estimate of drug-likeness (QED) is 0.943. The highest BCUT2D eigenvalue weighted by Gasteiger charge is 2.26. The number of carboxylic acids is 1. The average molecular weight is 300 g/mol. The molecular weight excluding hydrogens is 280 g/mol. The Balaban J connectivity index is 1.97. The summed E-state index contributed by atoms with van der Waals surface area (Å²) in [7, 11) is 0. The second-order valence-corrected chi connectivity index (χ2v) is 5.98. The number of piperidine rings is 1. The van der Waals surface area contributed by atoms with Gasteiger partial charge in [-0.05, 0) is 43.4 Å². The van der Waals surface area contributed by atoms with Crippen LogP contribution in [0.1, 0.15) is 35.8 Å². The van der Waals surface area contributed by atoms with Gasteiger partial charge in [0.15, 0.2) is 5.82 Å². The van der Waals surface area contributed by atoms with E-state index in [1.807, 2.05) is 36.1 Å². The summed E-state index contributed by atoms with van der Waals surface area (Å²) in [6, 6.07) is 7.71. The molecule has 0 saturated carbocycles. The van der Waals surface area contributed by atoms with Crippen molar-refractivity contribution in [3.05, 3.63) is 35.5 Å². The fourth-order valence-corrected chi connectivity index (χ4v) is 2.74. The van der Waals surface area contributed by atoms with Crippen LogP contribution < -0.4 is 4.90 Å². The van der Waals surface area contributed by atoms with Crippen LogP contribution in [0.2, 0.25) is 0 Å². The molecule has 2 heterocycles. The first-order valence-corrected chi connectivity index (χ1v) is 7.57. The average Bonchev–Trinajstić information content (AvgIpc) is 2.93. The second-order valence-electron chi connectivity index (χ2n) is 5.98. The molecule has 0 amide bonds. The smallest absolute Gasteiger partial charge is 0.360 e. The lowest BCUT2D eigenvalue weighted by molar-refractivity contribution is 0.0690. The van der Waals surface area contributed by atoms with Gasteiger partial charge in [0, 0.05) is 13.1 Å². The minimum atomic E-state index is -1.03. The molecule has 0 bridgehead atoms. The summed E-state index contributed by atoms with van der Waals surface area (Å²) in [6.45, 7) is 5.86. The Morgan fingerprint density at radius 1 is 1.27 bits per heavy atom. The molecular formula is C16H20N4O2. The minimum absolute atomic E-state index is 0.0241. The van der Waals surface area contributed by atoms with Gasteiger partial charge in [0.25, 0.3) is 0 Å². The van der Waals surface area contributed by atoms with Crippen molar-refractivity contribution >= 4 is 11.8 Å². The van der Waals surface area contributed by atoms with Crippen molar-refractivity contribution in [3.63, 3.8) is 0 Å². The maximum atomic E-state index is 11.5. The van der Waals surface area contributed by atoms with Gasteiger partial charge in [-0.3, -0.25) is 0 Å². The summed E-state index contributed by atoms with van der Waals surface area (Å²) < 4.78 is 0. The molecule has 1 aliphatic heterocycles. The fourth-order valence-electron chi connectivity index (χ4n) is 2.74. The van der Waals surface area contributed by atoms with Gasteiger partial charge in [-0.2, -0.15) is 0 Å². The third-order valence-corrected chi connectivity index (χ3v) is 4.11. The van der Waals surface area contributed by atoms with E-state index in [1.54, 1.807) is 0 Å². The molecule has 116 valence electrons. The number of aryl methyl sites for hydroxylation is 1. The van der Waals surface area contributed by atoms with Gasteiger partial charge in [-0.1, -0.05) is 19.1 Å². The molecule has 0 spiro atoms. The van der Waals surface area contributed by atoms with Crippen molar-refractivity contribution in [1.82, 2.24) is 15.0 Å². The zero-order valence-electron chi connectivity index (χ0n) is 12.9. The normalized spacial score (nSPS) is 16.0. The van der Waals surface area contributed by atoms with E-state index in [0.717, 1.165) is 37.2 Å². The van der Waals surface area contributed by atoms with Gasteiger partial charge in [0.05, 0.1) is 5.69 Å². The van der Waals surface area contributed by atoms with Gasteiger partial charge in [-0.15, -0.1) is 15.0 Å². The number of aromatic carboxylic acids is 1. The van der Waals surface area contributed by atoms with Gasteiger partial charge < -0.3 is 10.0 Å². The van der Waals surface area contributed by atoms with E-state index < -0.39 is 5.97 Å². The molecule has 0 radical (unpaired) electrons. The molecule has 1 saturated heterocycles. The Labute approximate surface area is 129 Å². The van der Waals surface area contributed by atoms with Crippen LogP contribution in [0.15, 0.2) is 24.3 Å². The summed E-state index contributed by atoms with van der Waals surface area (Å²) >= 11 is 0. The monoisotopic (exact) mass is 300 g/mol. The molecule has 6 nitrogen and oxygen atoms in total. The number of anilines is 1. The van der Waals surface area contributed by atoms with Crippen molar-refractivity contribution in [3.8, 4) is 5.69 Å². The van der Waals surface area contributed by atoms with Crippen LogP contribution in [-0.4, -0.2) is 39.2 Å². The van der Waals surface area contributed by atoms with E-state index in [2.05, 4.69) is 17.1 Å². The number of rotatable bonds is 3. The zero-order chi connectivity index (χ0) is 15.7. The van der Waals surface area contributed by atoms with Gasteiger partial charge in [0.1, 0.15) is 0 Å². The second kappa shape index (κ2) is 5.79. The predicted octanol–water partition coefficient (Wildman–Crippen LogP) is 2.51. The highest BCUT2D eigenvalue weighted by molar-refractivity contribution is 5.91. The third-order valence-electron chi connectivity index (χ3n) is 4.11. The summed E-state index contributed by atoms with van der Waals surface area (Å²) in [4.78, 5) is 14.9. The number of aromatic nitrogens is 3. The van der Waals surface area contributed by atoms with E-state index in [-0.39, 0.29) is 5.69 Å². The molecule has 6 heteroatoms. The molecule has 22 heavy (non-hydrogen) atoms. The summed E-state index contributed by atoms with van der Waals surface area (Å²) in [6.07, 6.45) is 2.10. The van der Waals surface area contributed by atoms with E-state index in [9.17, 15) is 9.90 Å². The lowest BCUT2D eigenvalue weighted by Gasteiger charge is -2.30. The number of hydrogen-bond donors (Lipinski definition) is 1. The first-order valence-electron chi connectivity index (χ1n) is 7.57. The minimum Gasteiger partial charge on any atom is -0.476 e. The van der Waals surface area contributed by atoms with E-state index >= 15 is 0 Å². The van der Waals surface area contributed by atoms with Gasteiger partial charge in [0.2, 0.25) is 5.69 Å². The number of benzene rings is 1. The third kappa shape index (κ3) is 2.81. The van der Waals surface area contributed by atoms with Gasteiger partial charge in [-0.25, -0.2) is 4.79 Å². The first kappa shape index (κ1) is 14.6. The van der Waals surface area contributed by atoms with Crippen LogP contribution in [0.3, 0.4) is 0 Å². The Morgan fingerprint density at radius 3 is 2.64 bits per heavy atom. The first-order chi connectivity index (χ1) is 10.5. The van der Waals surface area contributed by atoms with E-state index in [4.69, 9.17) is 0 Å². The molecule has 1 aromatic carbocycles. The van der Waals surface area contributed by atoms with Gasteiger partial charge >= 0.3 is 5.97 Å². The van der Waals surface area contributed by atoms with Crippen LogP contribution in [0.25, 0.3) is 5.69 Å². The lowest BCUT2D eigenvalue weighted by atomic mass is 9.99.